The summed E-state index contributed by atoms with van der Waals surface area (Å²) >= 11 is 1.51. The fourth-order valence-corrected chi connectivity index (χ4v) is 4.32. The van der Waals surface area contributed by atoms with Crippen molar-refractivity contribution in [2.24, 2.45) is 0 Å². The number of carbonyl (C=O) groups excluding carboxylic acids is 1. The molecule has 0 aromatic carbocycles. The maximum Gasteiger partial charge on any atom is 0.263 e. The third kappa shape index (κ3) is 3.67. The maximum absolute atomic E-state index is 12.6. The lowest BCUT2D eigenvalue weighted by atomic mass is 10.0. The van der Waals surface area contributed by atoms with E-state index in [9.17, 15) is 4.79 Å². The molecule has 1 amide bonds. The van der Waals surface area contributed by atoms with E-state index in [1.807, 2.05) is 22.4 Å². The van der Waals surface area contributed by atoms with Gasteiger partial charge in [-0.25, -0.2) is 9.97 Å². The number of amides is 1. The van der Waals surface area contributed by atoms with Crippen molar-refractivity contribution in [3.63, 3.8) is 0 Å². The van der Waals surface area contributed by atoms with Gasteiger partial charge in [0.05, 0.1) is 10.6 Å². The molecule has 1 saturated heterocycles. The van der Waals surface area contributed by atoms with Crippen molar-refractivity contribution < 1.29 is 4.79 Å². The van der Waals surface area contributed by atoms with Crippen molar-refractivity contribution in [3.8, 4) is 0 Å². The topological polar surface area (TPSA) is 70.2 Å². The molecule has 0 bridgehead atoms. The highest BCUT2D eigenvalue weighted by molar-refractivity contribution is 7.12. The van der Waals surface area contributed by atoms with Gasteiger partial charge in [-0.05, 0) is 37.3 Å². The van der Waals surface area contributed by atoms with E-state index in [4.69, 9.17) is 0 Å². The molecule has 0 spiro atoms. The summed E-state index contributed by atoms with van der Waals surface area (Å²) < 4.78 is 0. The molecule has 2 aliphatic rings. The smallest absolute Gasteiger partial charge is 0.263 e. The summed E-state index contributed by atoms with van der Waals surface area (Å²) in [7, 11) is 0. The first-order valence-electron chi connectivity index (χ1n) is 8.94. The van der Waals surface area contributed by atoms with Crippen LogP contribution in [0.5, 0.6) is 0 Å². The zero-order chi connectivity index (χ0) is 17.1. The van der Waals surface area contributed by atoms with E-state index in [2.05, 4.69) is 20.6 Å². The van der Waals surface area contributed by atoms with Crippen molar-refractivity contribution in [3.05, 3.63) is 40.0 Å². The van der Waals surface area contributed by atoms with Gasteiger partial charge in [0.25, 0.3) is 5.91 Å². The number of piperidine rings is 1. The lowest BCUT2D eigenvalue weighted by Gasteiger charge is -2.33. The molecule has 1 atom stereocenters. The first-order valence-corrected chi connectivity index (χ1v) is 9.82. The lowest BCUT2D eigenvalue weighted by molar-refractivity contribution is 0.0719. The zero-order valence-corrected chi connectivity index (χ0v) is 15.0. The van der Waals surface area contributed by atoms with Crippen LogP contribution in [0.4, 0.5) is 5.82 Å². The number of hydrogen-bond donors (Lipinski definition) is 2. The summed E-state index contributed by atoms with van der Waals surface area (Å²) in [6.07, 6.45) is 5.63. The van der Waals surface area contributed by atoms with E-state index in [0.29, 0.717) is 0 Å². The first-order chi connectivity index (χ1) is 12.3. The number of fused-ring (bicyclic) bond motifs is 1. The molecule has 132 valence electrons. The molecule has 25 heavy (non-hydrogen) atoms. The molecule has 1 fully saturated rings. The monoisotopic (exact) mass is 357 g/mol. The fourth-order valence-electron chi connectivity index (χ4n) is 3.63. The normalized spacial score (nSPS) is 20.6. The van der Waals surface area contributed by atoms with Gasteiger partial charge in [0, 0.05) is 37.7 Å². The number of carbonyl (C=O) groups is 1. The maximum atomic E-state index is 12.6. The molecular formula is C18H23N5OS. The molecular weight excluding hydrogens is 334 g/mol. The van der Waals surface area contributed by atoms with Crippen LogP contribution in [-0.4, -0.2) is 53.0 Å². The lowest BCUT2D eigenvalue weighted by Crippen LogP contribution is -2.45. The highest BCUT2D eigenvalue weighted by Crippen LogP contribution is 2.23. The molecule has 0 radical (unpaired) electrons. The Kier molecular flexibility index (Phi) is 4.94. The fraction of sp³-hybridized carbons (Fsp3) is 0.500. The second-order valence-corrected chi connectivity index (χ2v) is 7.56. The number of aromatic nitrogens is 2. The van der Waals surface area contributed by atoms with Gasteiger partial charge in [-0.15, -0.1) is 11.3 Å². The highest BCUT2D eigenvalue weighted by Gasteiger charge is 2.26. The van der Waals surface area contributed by atoms with Crippen LogP contribution in [0.3, 0.4) is 0 Å². The minimum Gasteiger partial charge on any atom is -0.365 e. The van der Waals surface area contributed by atoms with Gasteiger partial charge in [0.2, 0.25) is 0 Å². The van der Waals surface area contributed by atoms with Crippen LogP contribution < -0.4 is 10.6 Å². The number of nitrogens with zero attached hydrogens (tertiary/aromatic N) is 3. The van der Waals surface area contributed by atoms with E-state index in [1.54, 1.807) is 6.33 Å². The number of thiophene rings is 1. The number of anilines is 1. The van der Waals surface area contributed by atoms with E-state index >= 15 is 0 Å². The Bertz CT molecular complexity index is 733. The molecule has 0 saturated carbocycles. The molecule has 4 heterocycles. The average molecular weight is 357 g/mol. The highest BCUT2D eigenvalue weighted by atomic mass is 32.1. The summed E-state index contributed by atoms with van der Waals surface area (Å²) in [5.74, 6) is 1.09. The zero-order valence-electron chi connectivity index (χ0n) is 14.2. The van der Waals surface area contributed by atoms with Crippen LogP contribution in [0.1, 0.15) is 33.8 Å². The molecule has 1 unspecified atom stereocenters. The molecule has 7 heteroatoms. The Morgan fingerprint density at radius 1 is 1.32 bits per heavy atom. The van der Waals surface area contributed by atoms with Gasteiger partial charge in [-0.3, -0.25) is 4.79 Å². The number of rotatable bonds is 3. The van der Waals surface area contributed by atoms with Crippen LogP contribution in [-0.2, 0) is 12.8 Å². The van der Waals surface area contributed by atoms with Crippen LogP contribution in [0.2, 0.25) is 0 Å². The number of likely N-dealkylation sites (tertiary alicyclic amines) is 1. The van der Waals surface area contributed by atoms with Crippen LogP contribution in [0, 0.1) is 0 Å². The summed E-state index contributed by atoms with van der Waals surface area (Å²) in [6.45, 7) is 3.49. The van der Waals surface area contributed by atoms with Gasteiger partial charge in [-0.2, -0.15) is 0 Å². The van der Waals surface area contributed by atoms with Crippen molar-refractivity contribution in [2.75, 3.05) is 31.5 Å². The molecule has 4 rings (SSSR count). The molecule has 0 aliphatic carbocycles. The van der Waals surface area contributed by atoms with Gasteiger partial charge in [-0.1, -0.05) is 6.07 Å². The Balaban J connectivity index is 1.47. The summed E-state index contributed by atoms with van der Waals surface area (Å²) in [5.41, 5.74) is 2.37. The SMILES string of the molecule is O=C(c1cccs1)N1CCCC(Nc2ncnc3c2CCNCC3)C1. The number of nitrogens with one attached hydrogen (secondary N) is 2. The van der Waals surface area contributed by atoms with Gasteiger partial charge < -0.3 is 15.5 Å². The van der Waals surface area contributed by atoms with Crippen molar-refractivity contribution >= 4 is 23.1 Å². The first kappa shape index (κ1) is 16.5. The van der Waals surface area contributed by atoms with Crippen molar-refractivity contribution in [2.45, 2.75) is 31.7 Å². The Morgan fingerprint density at radius 3 is 3.12 bits per heavy atom. The number of hydrogen-bond acceptors (Lipinski definition) is 6. The Labute approximate surface area is 151 Å². The quantitative estimate of drug-likeness (QED) is 0.879. The molecule has 2 aromatic rings. The third-order valence-electron chi connectivity index (χ3n) is 4.91. The van der Waals surface area contributed by atoms with E-state index in [0.717, 1.165) is 68.3 Å². The summed E-state index contributed by atoms with van der Waals surface area (Å²) in [4.78, 5) is 24.4. The van der Waals surface area contributed by atoms with Gasteiger partial charge in [0.15, 0.2) is 0 Å². The van der Waals surface area contributed by atoms with E-state index in [1.165, 1.54) is 16.9 Å². The summed E-state index contributed by atoms with van der Waals surface area (Å²) in [6, 6.07) is 4.08. The second-order valence-electron chi connectivity index (χ2n) is 6.61. The Morgan fingerprint density at radius 2 is 2.24 bits per heavy atom. The molecule has 2 aliphatic heterocycles. The third-order valence-corrected chi connectivity index (χ3v) is 5.76. The van der Waals surface area contributed by atoms with E-state index in [-0.39, 0.29) is 11.9 Å². The predicted molar refractivity (Wildman–Crippen MR) is 99.2 cm³/mol. The summed E-state index contributed by atoms with van der Waals surface area (Å²) in [5, 5.41) is 8.97. The largest absolute Gasteiger partial charge is 0.365 e. The average Bonchev–Trinajstić information content (AvgIpc) is 3.07. The minimum atomic E-state index is 0.146. The Hall–Kier alpha value is -1.99. The van der Waals surface area contributed by atoms with Gasteiger partial charge in [0.1, 0.15) is 12.1 Å². The minimum absolute atomic E-state index is 0.146. The van der Waals surface area contributed by atoms with Gasteiger partial charge >= 0.3 is 0 Å². The standard InChI is InChI=1S/C18H23N5OS/c24-18(16-4-2-10-25-16)23-9-1-3-13(11-23)22-17-14-5-7-19-8-6-15(14)20-12-21-17/h2,4,10,12-13,19H,1,3,5-9,11H2,(H,20,21,22). The molecule has 6 nitrogen and oxygen atoms in total. The van der Waals surface area contributed by atoms with Crippen LogP contribution in [0.15, 0.2) is 23.8 Å². The van der Waals surface area contributed by atoms with Crippen molar-refractivity contribution in [1.82, 2.24) is 20.2 Å². The van der Waals surface area contributed by atoms with Crippen LogP contribution >= 0.6 is 11.3 Å². The van der Waals surface area contributed by atoms with Crippen molar-refractivity contribution in [1.29, 1.82) is 0 Å². The van der Waals surface area contributed by atoms with Crippen LogP contribution in [0.25, 0.3) is 0 Å². The predicted octanol–water partition coefficient (Wildman–Crippen LogP) is 1.94. The second kappa shape index (κ2) is 7.49. The van der Waals surface area contributed by atoms with E-state index < -0.39 is 0 Å². The molecule has 2 aromatic heterocycles. The molecule has 2 N–H and O–H groups in total.